The second-order valence-corrected chi connectivity index (χ2v) is 2.61. The third-order valence-electron chi connectivity index (χ3n) is 1.81. The summed E-state index contributed by atoms with van der Waals surface area (Å²) in [6.45, 7) is 3.55. The van der Waals surface area contributed by atoms with Gasteiger partial charge in [0.15, 0.2) is 0 Å². The summed E-state index contributed by atoms with van der Waals surface area (Å²) in [5, 5.41) is 0. The van der Waals surface area contributed by atoms with E-state index >= 15 is 0 Å². The molecule has 0 aliphatic carbocycles. The van der Waals surface area contributed by atoms with Crippen molar-refractivity contribution in [3.05, 3.63) is 36.8 Å². The standard InChI is InChI=1S/C10H12FNO/c1-4-12(2)10-6-5-8(13-3)7-9(10)11/h4-7H,1H2,2-3H3. The molecule has 2 nitrogen and oxygen atoms in total. The zero-order valence-electron chi connectivity index (χ0n) is 7.75. The number of nitrogens with zero attached hydrogens (tertiary/aromatic N) is 1. The third-order valence-corrected chi connectivity index (χ3v) is 1.81. The van der Waals surface area contributed by atoms with Gasteiger partial charge in [0.05, 0.1) is 12.8 Å². The molecule has 0 heterocycles. The van der Waals surface area contributed by atoms with E-state index in [2.05, 4.69) is 6.58 Å². The van der Waals surface area contributed by atoms with Gasteiger partial charge in [0.25, 0.3) is 0 Å². The summed E-state index contributed by atoms with van der Waals surface area (Å²) in [5.74, 6) is 0.195. The van der Waals surface area contributed by atoms with Crippen molar-refractivity contribution in [2.45, 2.75) is 0 Å². The molecule has 0 unspecified atom stereocenters. The van der Waals surface area contributed by atoms with Gasteiger partial charge in [-0.15, -0.1) is 0 Å². The third kappa shape index (κ3) is 1.99. The Morgan fingerprint density at radius 3 is 2.69 bits per heavy atom. The van der Waals surface area contributed by atoms with Crippen LogP contribution in [0.15, 0.2) is 31.0 Å². The molecule has 0 atom stereocenters. The Morgan fingerprint density at radius 1 is 1.54 bits per heavy atom. The summed E-state index contributed by atoms with van der Waals surface area (Å²) in [4.78, 5) is 1.61. The molecule has 0 aliphatic heterocycles. The van der Waals surface area contributed by atoms with Crippen LogP contribution in [0.4, 0.5) is 10.1 Å². The van der Waals surface area contributed by atoms with Gasteiger partial charge in [0.2, 0.25) is 0 Å². The highest BCUT2D eigenvalue weighted by Crippen LogP contribution is 2.22. The zero-order valence-corrected chi connectivity index (χ0v) is 7.75. The Hall–Kier alpha value is -1.51. The Balaban J connectivity index is 3.04. The molecule has 0 saturated carbocycles. The van der Waals surface area contributed by atoms with Crippen LogP contribution in [0, 0.1) is 5.82 Å². The van der Waals surface area contributed by atoms with Crippen LogP contribution in [0.25, 0.3) is 0 Å². The molecule has 0 N–H and O–H groups in total. The maximum Gasteiger partial charge on any atom is 0.150 e. The monoisotopic (exact) mass is 181 g/mol. The Labute approximate surface area is 77.2 Å². The molecule has 0 bridgehead atoms. The van der Waals surface area contributed by atoms with Crippen LogP contribution in [0.3, 0.4) is 0 Å². The molecule has 13 heavy (non-hydrogen) atoms. The first kappa shape index (κ1) is 9.58. The molecule has 0 spiro atoms. The van der Waals surface area contributed by atoms with Crippen LogP contribution in [-0.4, -0.2) is 14.2 Å². The van der Waals surface area contributed by atoms with E-state index in [4.69, 9.17) is 4.74 Å². The quantitative estimate of drug-likeness (QED) is 0.710. The topological polar surface area (TPSA) is 12.5 Å². The van der Waals surface area contributed by atoms with Crippen molar-refractivity contribution in [3.63, 3.8) is 0 Å². The van der Waals surface area contributed by atoms with Crippen LogP contribution >= 0.6 is 0 Å². The fourth-order valence-corrected chi connectivity index (χ4v) is 0.999. The van der Waals surface area contributed by atoms with E-state index in [1.54, 1.807) is 30.3 Å². The largest absolute Gasteiger partial charge is 0.497 e. The zero-order chi connectivity index (χ0) is 9.84. The Bertz CT molecular complexity index is 312. The number of halogens is 1. The number of anilines is 1. The van der Waals surface area contributed by atoms with Crippen molar-refractivity contribution in [1.82, 2.24) is 0 Å². The summed E-state index contributed by atoms with van der Waals surface area (Å²) in [7, 11) is 3.24. The van der Waals surface area contributed by atoms with Crippen LogP contribution in [-0.2, 0) is 0 Å². The second kappa shape index (κ2) is 3.94. The highest BCUT2D eigenvalue weighted by Gasteiger charge is 2.05. The van der Waals surface area contributed by atoms with E-state index in [1.165, 1.54) is 13.2 Å². The number of methoxy groups -OCH3 is 1. The first-order chi connectivity index (χ1) is 6.19. The number of ether oxygens (including phenoxy) is 1. The molecule has 0 radical (unpaired) electrons. The van der Waals surface area contributed by atoms with Crippen molar-refractivity contribution in [1.29, 1.82) is 0 Å². The Morgan fingerprint density at radius 2 is 2.23 bits per heavy atom. The van der Waals surface area contributed by atoms with Crippen molar-refractivity contribution in [2.24, 2.45) is 0 Å². The predicted molar refractivity (Wildman–Crippen MR) is 51.6 cm³/mol. The van der Waals surface area contributed by atoms with Crippen molar-refractivity contribution < 1.29 is 9.13 Å². The predicted octanol–water partition coefficient (Wildman–Crippen LogP) is 2.41. The molecule has 0 aromatic heterocycles. The van der Waals surface area contributed by atoms with Gasteiger partial charge in [-0.1, -0.05) is 6.58 Å². The normalized spacial score (nSPS) is 9.46. The van der Waals surface area contributed by atoms with Crippen LogP contribution in [0.1, 0.15) is 0 Å². The van der Waals surface area contributed by atoms with Crippen molar-refractivity contribution in [2.75, 3.05) is 19.1 Å². The van der Waals surface area contributed by atoms with E-state index in [-0.39, 0.29) is 5.82 Å². The van der Waals surface area contributed by atoms with Gasteiger partial charge >= 0.3 is 0 Å². The fourth-order valence-electron chi connectivity index (χ4n) is 0.999. The van der Waals surface area contributed by atoms with Crippen molar-refractivity contribution in [3.8, 4) is 5.75 Å². The average molecular weight is 181 g/mol. The summed E-state index contributed by atoms with van der Waals surface area (Å²) >= 11 is 0. The maximum absolute atomic E-state index is 13.3. The highest BCUT2D eigenvalue weighted by molar-refractivity contribution is 5.51. The van der Waals surface area contributed by atoms with E-state index < -0.39 is 0 Å². The van der Waals surface area contributed by atoms with Gasteiger partial charge in [-0.25, -0.2) is 4.39 Å². The Kier molecular flexibility index (Phi) is 2.90. The van der Waals surface area contributed by atoms with Gasteiger partial charge in [-0.3, -0.25) is 0 Å². The van der Waals surface area contributed by atoms with E-state index in [0.717, 1.165) is 0 Å². The van der Waals surface area contributed by atoms with Gasteiger partial charge in [0.1, 0.15) is 11.6 Å². The minimum Gasteiger partial charge on any atom is -0.497 e. The molecule has 70 valence electrons. The molecule has 3 heteroatoms. The summed E-state index contributed by atoms with van der Waals surface area (Å²) in [6.07, 6.45) is 1.55. The number of benzene rings is 1. The summed E-state index contributed by atoms with van der Waals surface area (Å²) in [5.41, 5.74) is 0.482. The fraction of sp³-hybridized carbons (Fsp3) is 0.200. The van der Waals surface area contributed by atoms with Crippen molar-refractivity contribution >= 4 is 5.69 Å². The lowest BCUT2D eigenvalue weighted by Crippen LogP contribution is -2.08. The number of hydrogen-bond acceptors (Lipinski definition) is 2. The summed E-state index contributed by atoms with van der Waals surface area (Å²) < 4.78 is 18.2. The molecule has 0 fully saturated rings. The van der Waals surface area contributed by atoms with Gasteiger partial charge < -0.3 is 9.64 Å². The SMILES string of the molecule is C=CN(C)c1ccc(OC)cc1F. The lowest BCUT2D eigenvalue weighted by molar-refractivity contribution is 0.411. The lowest BCUT2D eigenvalue weighted by Gasteiger charge is -2.14. The minimum absolute atomic E-state index is 0.318. The molecule has 0 saturated heterocycles. The van der Waals surface area contributed by atoms with Crippen LogP contribution < -0.4 is 9.64 Å². The molecular formula is C10H12FNO. The van der Waals surface area contributed by atoms with Gasteiger partial charge in [0, 0.05) is 13.1 Å². The molecule has 1 rings (SSSR count). The van der Waals surface area contributed by atoms with Crippen LogP contribution in [0.2, 0.25) is 0 Å². The van der Waals surface area contributed by atoms with E-state index in [1.807, 2.05) is 0 Å². The van der Waals surface area contributed by atoms with Gasteiger partial charge in [-0.05, 0) is 18.3 Å². The number of rotatable bonds is 3. The summed E-state index contributed by atoms with van der Waals surface area (Å²) in [6, 6.07) is 4.70. The van der Waals surface area contributed by atoms with E-state index in [9.17, 15) is 4.39 Å². The molecule has 1 aromatic rings. The second-order valence-electron chi connectivity index (χ2n) is 2.61. The number of hydrogen-bond donors (Lipinski definition) is 0. The molecular weight excluding hydrogens is 169 g/mol. The maximum atomic E-state index is 13.3. The lowest BCUT2D eigenvalue weighted by atomic mass is 10.2. The molecule has 1 aromatic carbocycles. The highest BCUT2D eigenvalue weighted by atomic mass is 19.1. The molecule has 0 aliphatic rings. The van der Waals surface area contributed by atoms with E-state index in [0.29, 0.717) is 11.4 Å². The first-order valence-electron chi connectivity index (χ1n) is 3.88. The van der Waals surface area contributed by atoms with Crippen LogP contribution in [0.5, 0.6) is 5.75 Å². The molecule has 0 amide bonds. The smallest absolute Gasteiger partial charge is 0.150 e. The van der Waals surface area contributed by atoms with Gasteiger partial charge in [-0.2, -0.15) is 0 Å². The first-order valence-corrected chi connectivity index (χ1v) is 3.88. The minimum atomic E-state index is -0.318. The average Bonchev–Trinajstić information content (AvgIpc) is 2.16.